The number of imide groups is 1. The van der Waals surface area contributed by atoms with E-state index >= 15 is 0 Å². The number of carbonyl (C=O) groups excluding carboxylic acids is 3. The topological polar surface area (TPSA) is 92.5 Å². The minimum absolute atomic E-state index is 0.0311. The summed E-state index contributed by atoms with van der Waals surface area (Å²) in [6.07, 6.45) is 7.65. The highest BCUT2D eigenvalue weighted by Crippen LogP contribution is 2.39. The summed E-state index contributed by atoms with van der Waals surface area (Å²) >= 11 is 1.48. The lowest BCUT2D eigenvalue weighted by atomic mass is 9.81. The molecule has 3 aliphatic rings. The monoisotopic (exact) mass is 353 g/mol. The maximum Gasteiger partial charge on any atom is 0.244 e. The zero-order chi connectivity index (χ0) is 17.3. The van der Waals surface area contributed by atoms with Gasteiger partial charge in [0.1, 0.15) is 6.04 Å². The number of likely N-dealkylation sites (tertiary alicyclic amines) is 1. The van der Waals surface area contributed by atoms with Crippen LogP contribution in [-0.4, -0.2) is 53.3 Å². The molecule has 0 aromatic rings. The molecule has 0 bridgehead atoms. The van der Waals surface area contributed by atoms with E-state index in [1.54, 1.807) is 0 Å². The minimum atomic E-state index is -0.711. The van der Waals surface area contributed by atoms with Gasteiger partial charge in [-0.1, -0.05) is 12.8 Å². The van der Waals surface area contributed by atoms with Crippen LogP contribution in [0.5, 0.6) is 0 Å². The molecular weight excluding hydrogens is 326 g/mol. The van der Waals surface area contributed by atoms with E-state index in [1.807, 2.05) is 6.26 Å². The van der Waals surface area contributed by atoms with Crippen molar-refractivity contribution in [3.05, 3.63) is 0 Å². The fourth-order valence-electron chi connectivity index (χ4n) is 3.95. The molecule has 3 fully saturated rings. The third-order valence-corrected chi connectivity index (χ3v) is 6.20. The van der Waals surface area contributed by atoms with E-state index in [-0.39, 0.29) is 35.6 Å². The van der Waals surface area contributed by atoms with Crippen LogP contribution < -0.4 is 11.1 Å². The Kier molecular flexibility index (Phi) is 5.49. The van der Waals surface area contributed by atoms with E-state index in [2.05, 4.69) is 5.32 Å². The quantitative estimate of drug-likeness (QED) is 0.659. The van der Waals surface area contributed by atoms with Crippen LogP contribution in [0.25, 0.3) is 0 Å². The first-order valence-corrected chi connectivity index (χ1v) is 10.3. The normalized spacial score (nSPS) is 29.3. The molecule has 134 valence electrons. The largest absolute Gasteiger partial charge is 0.353 e. The molecule has 4 atom stereocenters. The smallest absolute Gasteiger partial charge is 0.244 e. The van der Waals surface area contributed by atoms with Crippen molar-refractivity contribution in [3.63, 3.8) is 0 Å². The second kappa shape index (κ2) is 7.44. The van der Waals surface area contributed by atoms with Gasteiger partial charge in [0.25, 0.3) is 0 Å². The van der Waals surface area contributed by atoms with Crippen molar-refractivity contribution in [2.45, 2.75) is 50.6 Å². The molecular formula is C17H27N3O3S. The van der Waals surface area contributed by atoms with Crippen LogP contribution in [0.1, 0.15) is 38.5 Å². The zero-order valence-corrected chi connectivity index (χ0v) is 15.0. The van der Waals surface area contributed by atoms with Crippen molar-refractivity contribution in [3.8, 4) is 0 Å². The molecule has 3 amide bonds. The van der Waals surface area contributed by atoms with E-state index in [4.69, 9.17) is 5.73 Å². The molecule has 7 heteroatoms. The number of amides is 3. The molecule has 4 unspecified atom stereocenters. The maximum absolute atomic E-state index is 12.7. The van der Waals surface area contributed by atoms with Gasteiger partial charge in [0.2, 0.25) is 17.7 Å². The van der Waals surface area contributed by atoms with E-state index in [0.717, 1.165) is 38.5 Å². The molecule has 2 saturated carbocycles. The van der Waals surface area contributed by atoms with Crippen LogP contribution in [-0.2, 0) is 14.4 Å². The van der Waals surface area contributed by atoms with Crippen molar-refractivity contribution in [2.24, 2.45) is 23.5 Å². The van der Waals surface area contributed by atoms with E-state index in [0.29, 0.717) is 18.2 Å². The van der Waals surface area contributed by atoms with Gasteiger partial charge in [-0.15, -0.1) is 0 Å². The average Bonchev–Trinajstić information content (AvgIpc) is 3.40. The van der Waals surface area contributed by atoms with Crippen LogP contribution in [0, 0.1) is 17.8 Å². The van der Waals surface area contributed by atoms with Gasteiger partial charge in [-0.05, 0) is 37.9 Å². The van der Waals surface area contributed by atoms with Gasteiger partial charge in [-0.3, -0.25) is 19.3 Å². The van der Waals surface area contributed by atoms with Crippen molar-refractivity contribution < 1.29 is 14.4 Å². The molecule has 2 aliphatic carbocycles. The lowest BCUT2D eigenvalue weighted by Crippen LogP contribution is -2.53. The highest BCUT2D eigenvalue weighted by molar-refractivity contribution is 7.98. The Labute approximate surface area is 147 Å². The van der Waals surface area contributed by atoms with E-state index in [9.17, 15) is 14.4 Å². The summed E-state index contributed by atoms with van der Waals surface area (Å²) in [7, 11) is 0. The Morgan fingerprint density at radius 3 is 2.29 bits per heavy atom. The van der Waals surface area contributed by atoms with Gasteiger partial charge in [0.15, 0.2) is 0 Å². The first kappa shape index (κ1) is 17.7. The molecule has 24 heavy (non-hydrogen) atoms. The summed E-state index contributed by atoms with van der Waals surface area (Å²) < 4.78 is 0. The molecule has 0 aromatic heterocycles. The number of hydrogen-bond acceptors (Lipinski definition) is 5. The van der Waals surface area contributed by atoms with Crippen LogP contribution in [0.3, 0.4) is 0 Å². The first-order valence-electron chi connectivity index (χ1n) is 8.93. The molecule has 1 aliphatic heterocycles. The van der Waals surface area contributed by atoms with Crippen molar-refractivity contribution >= 4 is 29.5 Å². The van der Waals surface area contributed by atoms with Crippen LogP contribution in [0.2, 0.25) is 0 Å². The highest BCUT2D eigenvalue weighted by atomic mass is 32.2. The number of nitrogens with one attached hydrogen (secondary N) is 1. The average molecular weight is 353 g/mol. The molecule has 0 spiro atoms. The molecule has 3 N–H and O–H groups in total. The first-order chi connectivity index (χ1) is 11.5. The van der Waals surface area contributed by atoms with Gasteiger partial charge in [0, 0.05) is 18.3 Å². The van der Waals surface area contributed by atoms with Gasteiger partial charge < -0.3 is 11.1 Å². The number of fused-ring (bicyclic) bond motifs is 1. The number of rotatable bonds is 7. The van der Waals surface area contributed by atoms with Crippen LogP contribution in [0.4, 0.5) is 0 Å². The summed E-state index contributed by atoms with van der Waals surface area (Å²) in [6, 6.07) is -0.742. The number of nitrogens with two attached hydrogens (primary N) is 1. The van der Waals surface area contributed by atoms with Crippen molar-refractivity contribution in [2.75, 3.05) is 18.6 Å². The molecule has 1 saturated heterocycles. The van der Waals surface area contributed by atoms with Crippen molar-refractivity contribution in [1.29, 1.82) is 0 Å². The van der Waals surface area contributed by atoms with Gasteiger partial charge in [-0.2, -0.15) is 11.8 Å². The SMILES string of the molecule is CSCC(C(=O)NCC(N)C1CC1)N1C(=O)C2CCCCC2C1=O. The highest BCUT2D eigenvalue weighted by Gasteiger charge is 2.51. The second-order valence-corrected chi connectivity index (χ2v) is 8.17. The number of carbonyl (C=O) groups is 3. The Morgan fingerprint density at radius 1 is 1.21 bits per heavy atom. The molecule has 6 nitrogen and oxygen atoms in total. The fourth-order valence-corrected chi connectivity index (χ4v) is 4.56. The summed E-state index contributed by atoms with van der Waals surface area (Å²) in [5, 5.41) is 2.86. The lowest BCUT2D eigenvalue weighted by Gasteiger charge is -2.26. The Morgan fingerprint density at radius 2 is 1.79 bits per heavy atom. The van der Waals surface area contributed by atoms with Crippen LogP contribution >= 0.6 is 11.8 Å². The number of hydrogen-bond donors (Lipinski definition) is 2. The fraction of sp³-hybridized carbons (Fsp3) is 0.824. The molecule has 0 radical (unpaired) electrons. The third kappa shape index (κ3) is 3.47. The Balaban J connectivity index is 1.68. The zero-order valence-electron chi connectivity index (χ0n) is 14.2. The summed E-state index contributed by atoms with van der Waals surface area (Å²) in [6.45, 7) is 0.414. The Hall–Kier alpha value is -1.08. The second-order valence-electron chi connectivity index (χ2n) is 7.26. The minimum Gasteiger partial charge on any atom is -0.353 e. The molecule has 0 aromatic carbocycles. The Bertz CT molecular complexity index is 499. The van der Waals surface area contributed by atoms with Crippen molar-refractivity contribution in [1.82, 2.24) is 10.2 Å². The lowest BCUT2D eigenvalue weighted by molar-refractivity contribution is -0.147. The van der Waals surface area contributed by atoms with Gasteiger partial charge in [0.05, 0.1) is 11.8 Å². The van der Waals surface area contributed by atoms with Gasteiger partial charge in [-0.25, -0.2) is 0 Å². The third-order valence-electron chi connectivity index (χ3n) is 5.55. The van der Waals surface area contributed by atoms with Crippen LogP contribution in [0.15, 0.2) is 0 Å². The summed E-state index contributed by atoms with van der Waals surface area (Å²) in [4.78, 5) is 39.3. The summed E-state index contributed by atoms with van der Waals surface area (Å²) in [5.41, 5.74) is 6.04. The number of thioether (sulfide) groups is 1. The molecule has 3 rings (SSSR count). The number of nitrogens with zero attached hydrogens (tertiary/aromatic N) is 1. The summed E-state index contributed by atoms with van der Waals surface area (Å²) in [5.74, 6) is -0.0328. The van der Waals surface area contributed by atoms with E-state index < -0.39 is 6.04 Å². The predicted molar refractivity (Wildman–Crippen MR) is 93.2 cm³/mol. The molecule has 1 heterocycles. The van der Waals surface area contributed by atoms with Gasteiger partial charge >= 0.3 is 0 Å². The predicted octanol–water partition coefficient (Wildman–Crippen LogP) is 0.747. The van der Waals surface area contributed by atoms with E-state index in [1.165, 1.54) is 16.7 Å². The standard InChI is InChI=1S/C17H27N3O3S/c1-24-9-14(15(21)19-8-13(18)10-6-7-10)20-16(22)11-4-2-3-5-12(11)17(20)23/h10-14H,2-9,18H2,1H3,(H,19,21). The maximum atomic E-state index is 12.7.